The minimum absolute atomic E-state index is 0.184. The fraction of sp³-hybridized carbons (Fsp3) is 0.381. The third-order valence-electron chi connectivity index (χ3n) is 4.88. The van der Waals surface area contributed by atoms with Crippen molar-refractivity contribution in [2.45, 2.75) is 18.9 Å². The second kappa shape index (κ2) is 7.88. The lowest BCUT2D eigenvalue weighted by atomic mass is 10.1. The maximum absolute atomic E-state index is 12.5. The fourth-order valence-electron chi connectivity index (χ4n) is 3.30. The summed E-state index contributed by atoms with van der Waals surface area (Å²) in [5.41, 5.74) is 1.26. The molecule has 0 spiro atoms. The van der Waals surface area contributed by atoms with Crippen LogP contribution >= 0.6 is 0 Å². The molecule has 0 atom stereocenters. The summed E-state index contributed by atoms with van der Waals surface area (Å²) in [5.74, 6) is 1.93. The van der Waals surface area contributed by atoms with E-state index in [0.717, 1.165) is 37.4 Å². The predicted molar refractivity (Wildman–Crippen MR) is 103 cm³/mol. The number of anilines is 1. The number of nitrogens with one attached hydrogen (secondary N) is 1. The molecule has 0 saturated carbocycles. The molecule has 0 bridgehead atoms. The zero-order valence-corrected chi connectivity index (χ0v) is 15.4. The molecular weight excluding hydrogens is 344 g/mol. The summed E-state index contributed by atoms with van der Waals surface area (Å²) in [6.45, 7) is 3.16. The number of ether oxygens (including phenoxy) is 3. The molecule has 2 aromatic carbocycles. The largest absolute Gasteiger partial charge is 0.490 e. The van der Waals surface area contributed by atoms with Crippen LogP contribution in [0.2, 0.25) is 0 Å². The Balaban J connectivity index is 1.36. The number of piperidine rings is 1. The molecule has 6 heteroatoms. The number of nitrogens with zero attached hydrogens (tertiary/aromatic N) is 1. The Labute approximate surface area is 159 Å². The van der Waals surface area contributed by atoms with Gasteiger partial charge in [-0.3, -0.25) is 4.79 Å². The van der Waals surface area contributed by atoms with Gasteiger partial charge in [0.15, 0.2) is 11.5 Å². The zero-order valence-electron chi connectivity index (χ0n) is 15.4. The van der Waals surface area contributed by atoms with Gasteiger partial charge in [0.2, 0.25) is 0 Å². The monoisotopic (exact) mass is 368 g/mol. The van der Waals surface area contributed by atoms with Crippen LogP contribution in [0.5, 0.6) is 17.2 Å². The van der Waals surface area contributed by atoms with E-state index in [0.29, 0.717) is 30.3 Å². The summed E-state index contributed by atoms with van der Waals surface area (Å²) >= 11 is 0. The van der Waals surface area contributed by atoms with E-state index in [1.165, 1.54) is 0 Å². The van der Waals surface area contributed by atoms with Crippen molar-refractivity contribution >= 4 is 11.6 Å². The summed E-state index contributed by atoms with van der Waals surface area (Å²) in [4.78, 5) is 14.8. The first-order valence-corrected chi connectivity index (χ1v) is 9.34. The van der Waals surface area contributed by atoms with Gasteiger partial charge in [0.1, 0.15) is 25.1 Å². The van der Waals surface area contributed by atoms with Crippen LogP contribution in [-0.2, 0) is 0 Å². The van der Waals surface area contributed by atoms with Gasteiger partial charge >= 0.3 is 0 Å². The SMILES string of the molecule is CN1CCC(Oc2ccc(NC(=O)c3ccc4c(c3)OCCO4)cc2)CC1. The quantitative estimate of drug-likeness (QED) is 0.898. The summed E-state index contributed by atoms with van der Waals surface area (Å²) in [6, 6.07) is 12.7. The van der Waals surface area contributed by atoms with E-state index < -0.39 is 0 Å². The molecule has 1 saturated heterocycles. The lowest BCUT2D eigenvalue weighted by Crippen LogP contribution is -2.35. The lowest BCUT2D eigenvalue weighted by molar-refractivity contribution is 0.102. The molecular formula is C21H24N2O4. The number of fused-ring (bicyclic) bond motifs is 1. The molecule has 4 rings (SSSR count). The topological polar surface area (TPSA) is 60.0 Å². The van der Waals surface area contributed by atoms with Gasteiger partial charge in [-0.05, 0) is 62.4 Å². The van der Waals surface area contributed by atoms with E-state index >= 15 is 0 Å². The van der Waals surface area contributed by atoms with Crippen molar-refractivity contribution in [1.29, 1.82) is 0 Å². The number of likely N-dealkylation sites (tertiary alicyclic amines) is 1. The predicted octanol–water partition coefficient (Wildman–Crippen LogP) is 3.18. The first kappa shape index (κ1) is 17.7. The number of hydrogen-bond donors (Lipinski definition) is 1. The molecule has 1 fully saturated rings. The van der Waals surface area contributed by atoms with Gasteiger partial charge in [-0.25, -0.2) is 0 Å². The first-order chi connectivity index (χ1) is 13.2. The van der Waals surface area contributed by atoms with E-state index in [2.05, 4.69) is 17.3 Å². The van der Waals surface area contributed by atoms with Crippen molar-refractivity contribution in [3.63, 3.8) is 0 Å². The molecule has 2 aliphatic heterocycles. The average Bonchev–Trinajstić information content (AvgIpc) is 2.71. The van der Waals surface area contributed by atoms with Gasteiger partial charge in [0, 0.05) is 24.3 Å². The third-order valence-corrected chi connectivity index (χ3v) is 4.88. The highest BCUT2D eigenvalue weighted by Crippen LogP contribution is 2.31. The Bertz CT molecular complexity index is 798. The van der Waals surface area contributed by atoms with Crippen LogP contribution in [0, 0.1) is 0 Å². The molecule has 0 aliphatic carbocycles. The Morgan fingerprint density at radius 2 is 1.74 bits per heavy atom. The number of carbonyl (C=O) groups is 1. The summed E-state index contributed by atoms with van der Waals surface area (Å²) in [7, 11) is 2.13. The van der Waals surface area contributed by atoms with Crippen molar-refractivity contribution in [1.82, 2.24) is 4.90 Å². The van der Waals surface area contributed by atoms with E-state index in [1.807, 2.05) is 24.3 Å². The number of benzene rings is 2. The fourth-order valence-corrected chi connectivity index (χ4v) is 3.30. The standard InChI is InChI=1S/C21H24N2O4/c1-23-10-8-18(9-11-23)27-17-5-3-16(4-6-17)22-21(24)15-2-7-19-20(14-15)26-13-12-25-19/h2-7,14,18H,8-13H2,1H3,(H,22,24). The second-order valence-electron chi connectivity index (χ2n) is 6.96. The number of carbonyl (C=O) groups excluding carboxylic acids is 1. The third kappa shape index (κ3) is 4.34. The average molecular weight is 368 g/mol. The highest BCUT2D eigenvalue weighted by atomic mass is 16.6. The van der Waals surface area contributed by atoms with Crippen LogP contribution in [-0.4, -0.2) is 50.3 Å². The molecule has 0 aromatic heterocycles. The molecule has 142 valence electrons. The number of amides is 1. The number of hydrogen-bond acceptors (Lipinski definition) is 5. The van der Waals surface area contributed by atoms with Crippen LogP contribution in [0.3, 0.4) is 0 Å². The van der Waals surface area contributed by atoms with Crippen LogP contribution < -0.4 is 19.5 Å². The van der Waals surface area contributed by atoms with Crippen molar-refractivity contribution in [2.24, 2.45) is 0 Å². The number of rotatable bonds is 4. The first-order valence-electron chi connectivity index (χ1n) is 9.34. The van der Waals surface area contributed by atoms with Crippen LogP contribution in [0.25, 0.3) is 0 Å². The van der Waals surface area contributed by atoms with Crippen LogP contribution in [0.4, 0.5) is 5.69 Å². The smallest absolute Gasteiger partial charge is 0.255 e. The van der Waals surface area contributed by atoms with E-state index in [-0.39, 0.29) is 12.0 Å². The van der Waals surface area contributed by atoms with Crippen LogP contribution in [0.1, 0.15) is 23.2 Å². The van der Waals surface area contributed by atoms with E-state index in [4.69, 9.17) is 14.2 Å². The highest BCUT2D eigenvalue weighted by molar-refractivity contribution is 6.04. The maximum Gasteiger partial charge on any atom is 0.255 e. The molecule has 1 N–H and O–H groups in total. The van der Waals surface area contributed by atoms with E-state index in [9.17, 15) is 4.79 Å². The van der Waals surface area contributed by atoms with Crippen LogP contribution in [0.15, 0.2) is 42.5 Å². The summed E-state index contributed by atoms with van der Waals surface area (Å²) < 4.78 is 17.1. The Kier molecular flexibility index (Phi) is 5.16. The molecule has 27 heavy (non-hydrogen) atoms. The molecule has 2 aromatic rings. The second-order valence-corrected chi connectivity index (χ2v) is 6.96. The molecule has 6 nitrogen and oxygen atoms in total. The van der Waals surface area contributed by atoms with Gasteiger partial charge in [-0.1, -0.05) is 0 Å². The Morgan fingerprint density at radius 3 is 2.48 bits per heavy atom. The van der Waals surface area contributed by atoms with Crippen molar-refractivity contribution < 1.29 is 19.0 Å². The Morgan fingerprint density at radius 1 is 1.04 bits per heavy atom. The van der Waals surface area contributed by atoms with E-state index in [1.54, 1.807) is 18.2 Å². The minimum atomic E-state index is -0.184. The molecule has 2 aliphatic rings. The summed E-state index contributed by atoms with van der Waals surface area (Å²) in [5, 5.41) is 2.90. The van der Waals surface area contributed by atoms with Gasteiger partial charge in [-0.15, -0.1) is 0 Å². The Hall–Kier alpha value is -2.73. The van der Waals surface area contributed by atoms with Gasteiger partial charge < -0.3 is 24.4 Å². The molecule has 0 unspecified atom stereocenters. The summed E-state index contributed by atoms with van der Waals surface area (Å²) in [6.07, 6.45) is 2.34. The van der Waals surface area contributed by atoms with Crippen molar-refractivity contribution in [3.8, 4) is 17.2 Å². The minimum Gasteiger partial charge on any atom is -0.490 e. The highest BCUT2D eigenvalue weighted by Gasteiger charge is 2.18. The van der Waals surface area contributed by atoms with Gasteiger partial charge in [0.05, 0.1) is 0 Å². The molecule has 1 amide bonds. The lowest BCUT2D eigenvalue weighted by Gasteiger charge is -2.29. The molecule has 2 heterocycles. The normalized spacial score (nSPS) is 17.4. The maximum atomic E-state index is 12.5. The van der Waals surface area contributed by atoms with Crippen molar-refractivity contribution in [3.05, 3.63) is 48.0 Å². The van der Waals surface area contributed by atoms with Gasteiger partial charge in [0.25, 0.3) is 5.91 Å². The molecule has 0 radical (unpaired) electrons. The zero-order chi connectivity index (χ0) is 18.6. The van der Waals surface area contributed by atoms with Gasteiger partial charge in [-0.2, -0.15) is 0 Å². The van der Waals surface area contributed by atoms with Crippen molar-refractivity contribution in [2.75, 3.05) is 38.7 Å².